The summed E-state index contributed by atoms with van der Waals surface area (Å²) in [6.45, 7) is -0.493. The maximum atomic E-state index is 12.1. The van der Waals surface area contributed by atoms with Crippen LogP contribution in [-0.2, 0) is 9.59 Å². The average molecular weight is 409 g/mol. The number of nitrogens with zero attached hydrogens (tertiary/aromatic N) is 1. The molecule has 9 heteroatoms. The predicted octanol–water partition coefficient (Wildman–Crippen LogP) is 3.09. The Labute approximate surface area is 142 Å². The first-order chi connectivity index (χ1) is 9.79. The van der Waals surface area contributed by atoms with E-state index in [0.717, 1.165) is 16.7 Å². The van der Waals surface area contributed by atoms with Gasteiger partial charge >= 0.3 is 5.97 Å². The van der Waals surface area contributed by atoms with Crippen molar-refractivity contribution in [3.8, 4) is 5.75 Å². The minimum absolute atomic E-state index is 0.136. The number of hydrogen-bond acceptors (Lipinski definition) is 5. The van der Waals surface area contributed by atoms with Crippen LogP contribution in [0, 0.1) is 0 Å². The highest BCUT2D eigenvalue weighted by Gasteiger charge is 2.33. The normalized spacial score (nSPS) is 16.9. The van der Waals surface area contributed by atoms with Gasteiger partial charge in [-0.15, -0.1) is 0 Å². The molecule has 1 aromatic carbocycles. The quantitative estimate of drug-likeness (QED) is 0.591. The van der Waals surface area contributed by atoms with Crippen LogP contribution in [-0.4, -0.2) is 37.9 Å². The van der Waals surface area contributed by atoms with Crippen LogP contribution in [0.15, 0.2) is 21.5 Å². The van der Waals surface area contributed by atoms with Gasteiger partial charge in [0.1, 0.15) is 16.6 Å². The number of aromatic hydroxyl groups is 1. The van der Waals surface area contributed by atoms with E-state index >= 15 is 0 Å². The van der Waals surface area contributed by atoms with Gasteiger partial charge in [-0.05, 0) is 18.2 Å². The molecule has 0 aliphatic carbocycles. The van der Waals surface area contributed by atoms with Crippen molar-refractivity contribution < 1.29 is 19.8 Å². The number of thioether (sulfide) groups is 1. The Morgan fingerprint density at radius 3 is 2.81 bits per heavy atom. The fraction of sp³-hybridized carbons (Fsp3) is 0.0833. The van der Waals surface area contributed by atoms with E-state index in [1.54, 1.807) is 6.07 Å². The SMILES string of the molecule is O=C(O)CN1C(=O)/C(=C\c2cc(Br)cc(Cl)c2O)SC1=S. The minimum atomic E-state index is -1.15. The van der Waals surface area contributed by atoms with Crippen molar-refractivity contribution in [1.29, 1.82) is 0 Å². The van der Waals surface area contributed by atoms with Gasteiger partial charge in [-0.25, -0.2) is 0 Å². The number of hydrogen-bond donors (Lipinski definition) is 2. The van der Waals surface area contributed by atoms with Crippen molar-refractivity contribution in [2.45, 2.75) is 0 Å². The Morgan fingerprint density at radius 1 is 1.52 bits per heavy atom. The Kier molecular flexibility index (Phi) is 4.92. The Bertz CT molecular complexity index is 692. The van der Waals surface area contributed by atoms with E-state index in [9.17, 15) is 14.7 Å². The number of carboxylic acid groups (broad SMARTS) is 1. The molecule has 1 fully saturated rings. The second-order valence-electron chi connectivity index (χ2n) is 3.99. The second kappa shape index (κ2) is 6.35. The molecule has 1 heterocycles. The van der Waals surface area contributed by atoms with Gasteiger partial charge in [-0.1, -0.05) is 51.5 Å². The molecule has 0 spiro atoms. The molecule has 0 radical (unpaired) electrons. The Balaban J connectivity index is 2.37. The maximum Gasteiger partial charge on any atom is 0.323 e. The van der Waals surface area contributed by atoms with Crippen molar-refractivity contribution in [2.75, 3.05) is 6.54 Å². The molecule has 21 heavy (non-hydrogen) atoms. The molecule has 2 rings (SSSR count). The number of phenolic OH excluding ortho intramolecular Hbond substituents is 1. The van der Waals surface area contributed by atoms with Crippen molar-refractivity contribution in [1.82, 2.24) is 4.90 Å². The lowest BCUT2D eigenvalue weighted by Crippen LogP contribution is -2.33. The summed E-state index contributed by atoms with van der Waals surface area (Å²) in [4.78, 5) is 24.0. The van der Waals surface area contributed by atoms with Crippen LogP contribution in [0.4, 0.5) is 0 Å². The van der Waals surface area contributed by atoms with Gasteiger partial charge in [-0.3, -0.25) is 14.5 Å². The molecule has 1 aliphatic heterocycles. The van der Waals surface area contributed by atoms with E-state index in [1.165, 1.54) is 12.1 Å². The van der Waals surface area contributed by atoms with Crippen LogP contribution in [0.25, 0.3) is 6.08 Å². The zero-order valence-electron chi connectivity index (χ0n) is 10.2. The van der Waals surface area contributed by atoms with Crippen LogP contribution >= 0.6 is 51.5 Å². The van der Waals surface area contributed by atoms with Crippen LogP contribution < -0.4 is 0 Å². The molecule has 0 atom stereocenters. The molecular formula is C12H7BrClNO4S2. The second-order valence-corrected chi connectivity index (χ2v) is 6.99. The van der Waals surface area contributed by atoms with E-state index in [1.807, 2.05) is 0 Å². The molecule has 1 aliphatic rings. The van der Waals surface area contributed by atoms with Crippen molar-refractivity contribution in [3.63, 3.8) is 0 Å². The number of carbonyl (C=O) groups is 2. The highest BCUT2D eigenvalue weighted by atomic mass is 79.9. The van der Waals surface area contributed by atoms with Gasteiger partial charge in [0, 0.05) is 10.0 Å². The number of rotatable bonds is 3. The van der Waals surface area contributed by atoms with E-state index < -0.39 is 18.4 Å². The molecule has 0 saturated carbocycles. The summed E-state index contributed by atoms with van der Waals surface area (Å²) in [5.41, 5.74) is 0.338. The highest BCUT2D eigenvalue weighted by molar-refractivity contribution is 9.10. The first-order valence-electron chi connectivity index (χ1n) is 5.44. The zero-order valence-corrected chi connectivity index (χ0v) is 14.1. The number of thiocarbonyl (C=S) groups is 1. The van der Waals surface area contributed by atoms with Crippen molar-refractivity contribution >= 4 is 73.8 Å². The van der Waals surface area contributed by atoms with Gasteiger partial charge < -0.3 is 10.2 Å². The lowest BCUT2D eigenvalue weighted by atomic mass is 10.2. The highest BCUT2D eigenvalue weighted by Crippen LogP contribution is 2.37. The van der Waals surface area contributed by atoms with Gasteiger partial charge in [-0.2, -0.15) is 0 Å². The molecule has 5 nitrogen and oxygen atoms in total. The molecule has 1 saturated heterocycles. The minimum Gasteiger partial charge on any atom is -0.506 e. The van der Waals surface area contributed by atoms with Crippen molar-refractivity contribution in [3.05, 3.63) is 32.1 Å². The molecule has 1 amide bonds. The lowest BCUT2D eigenvalue weighted by Gasteiger charge is -2.10. The third-order valence-corrected chi connectivity index (χ3v) is 4.63. The number of aliphatic carboxylic acids is 1. The predicted molar refractivity (Wildman–Crippen MR) is 88.3 cm³/mol. The maximum absolute atomic E-state index is 12.1. The Hall–Kier alpha value is -1.09. The lowest BCUT2D eigenvalue weighted by molar-refractivity contribution is -0.140. The third-order valence-electron chi connectivity index (χ3n) is 2.51. The van der Waals surface area contributed by atoms with E-state index in [0.29, 0.717) is 10.0 Å². The molecular weight excluding hydrogens is 402 g/mol. The first kappa shape index (κ1) is 16.3. The van der Waals surface area contributed by atoms with E-state index in [-0.39, 0.29) is 20.0 Å². The molecule has 0 unspecified atom stereocenters. The number of phenols is 1. The molecule has 0 bridgehead atoms. The zero-order chi connectivity index (χ0) is 15.7. The van der Waals surface area contributed by atoms with Gasteiger partial charge in [0.25, 0.3) is 5.91 Å². The summed E-state index contributed by atoms with van der Waals surface area (Å²) in [6.07, 6.45) is 1.42. The van der Waals surface area contributed by atoms with Gasteiger partial charge in [0.15, 0.2) is 0 Å². The van der Waals surface area contributed by atoms with Gasteiger partial charge in [0.2, 0.25) is 0 Å². The number of carboxylic acids is 1. The van der Waals surface area contributed by atoms with E-state index in [2.05, 4.69) is 15.9 Å². The standard InChI is InChI=1S/C12H7BrClNO4S2/c13-6-1-5(10(18)7(14)3-6)2-8-11(19)15(4-9(16)17)12(20)21-8/h1-3,18H,4H2,(H,16,17)/b8-2+. The van der Waals surface area contributed by atoms with Gasteiger partial charge in [0.05, 0.1) is 9.93 Å². The topological polar surface area (TPSA) is 77.8 Å². The monoisotopic (exact) mass is 407 g/mol. The number of halogens is 2. The van der Waals surface area contributed by atoms with Crippen molar-refractivity contribution in [2.24, 2.45) is 0 Å². The number of amides is 1. The first-order valence-corrected chi connectivity index (χ1v) is 7.84. The largest absolute Gasteiger partial charge is 0.506 e. The summed E-state index contributed by atoms with van der Waals surface area (Å²) in [7, 11) is 0. The molecule has 2 N–H and O–H groups in total. The van der Waals surface area contributed by atoms with Crippen LogP contribution in [0.2, 0.25) is 5.02 Å². The van der Waals surface area contributed by atoms with E-state index in [4.69, 9.17) is 28.9 Å². The summed E-state index contributed by atoms with van der Waals surface area (Å²) in [5.74, 6) is -1.83. The van der Waals surface area contributed by atoms with Crippen LogP contribution in [0.5, 0.6) is 5.75 Å². The summed E-state index contributed by atoms with van der Waals surface area (Å²) < 4.78 is 0.798. The molecule has 1 aromatic rings. The Morgan fingerprint density at radius 2 is 2.19 bits per heavy atom. The summed E-state index contributed by atoms with van der Waals surface area (Å²) >= 11 is 15.0. The third kappa shape index (κ3) is 3.57. The van der Waals surface area contributed by atoms with Crippen LogP contribution in [0.3, 0.4) is 0 Å². The number of benzene rings is 1. The fourth-order valence-electron chi connectivity index (χ4n) is 1.61. The summed E-state index contributed by atoms with van der Waals surface area (Å²) in [5, 5.41) is 18.8. The smallest absolute Gasteiger partial charge is 0.323 e. The average Bonchev–Trinajstić information content (AvgIpc) is 2.63. The molecule has 0 aromatic heterocycles. The number of carbonyl (C=O) groups excluding carboxylic acids is 1. The molecule has 110 valence electrons. The van der Waals surface area contributed by atoms with Crippen LogP contribution in [0.1, 0.15) is 5.56 Å². The fourth-order valence-corrected chi connectivity index (χ4v) is 3.69. The summed E-state index contributed by atoms with van der Waals surface area (Å²) in [6, 6.07) is 3.11.